The molecule has 2 heterocycles. The van der Waals surface area contributed by atoms with Crippen LogP contribution >= 0.6 is 0 Å². The largest absolute Gasteiger partial charge is 0.399 e. The molecule has 1 aliphatic rings. The third-order valence-electron chi connectivity index (χ3n) is 2.83. The van der Waals surface area contributed by atoms with Gasteiger partial charge in [0.15, 0.2) is 0 Å². The van der Waals surface area contributed by atoms with E-state index in [1.807, 2.05) is 13.0 Å². The number of aliphatic hydroxyl groups excluding tert-OH is 1. The molecule has 0 amide bonds. The molecule has 1 fully saturated rings. The molecule has 1 saturated heterocycles. The van der Waals surface area contributed by atoms with Gasteiger partial charge in [-0.3, -0.25) is 9.88 Å². The van der Waals surface area contributed by atoms with Gasteiger partial charge in [-0.15, -0.1) is 0 Å². The Balaban J connectivity index is 1.98. The summed E-state index contributed by atoms with van der Waals surface area (Å²) in [7, 11) is 0. The molecule has 0 aromatic carbocycles. The summed E-state index contributed by atoms with van der Waals surface area (Å²) in [4.78, 5) is 6.52. The Morgan fingerprint density at radius 3 is 3.12 bits per heavy atom. The molecule has 3 N–H and O–H groups in total. The van der Waals surface area contributed by atoms with E-state index in [-0.39, 0.29) is 18.8 Å². The van der Waals surface area contributed by atoms with Crippen molar-refractivity contribution in [2.24, 2.45) is 0 Å². The summed E-state index contributed by atoms with van der Waals surface area (Å²) in [5.74, 6) is 0. The highest BCUT2D eigenvalue weighted by Crippen LogP contribution is 2.14. The lowest BCUT2D eigenvalue weighted by Crippen LogP contribution is -2.47. The number of morpholine rings is 1. The number of pyridine rings is 1. The van der Waals surface area contributed by atoms with Crippen molar-refractivity contribution in [1.82, 2.24) is 9.88 Å². The van der Waals surface area contributed by atoms with Crippen LogP contribution in [0.15, 0.2) is 18.3 Å². The number of rotatable bonds is 3. The summed E-state index contributed by atoms with van der Waals surface area (Å²) < 4.78 is 5.59. The Kier molecular flexibility index (Phi) is 3.93. The van der Waals surface area contributed by atoms with Crippen molar-refractivity contribution in [3.63, 3.8) is 0 Å². The van der Waals surface area contributed by atoms with Gasteiger partial charge in [-0.05, 0) is 19.1 Å². The lowest BCUT2D eigenvalue weighted by molar-refractivity contribution is -0.0974. The van der Waals surface area contributed by atoms with E-state index in [9.17, 15) is 0 Å². The van der Waals surface area contributed by atoms with Crippen molar-refractivity contribution in [2.45, 2.75) is 25.7 Å². The summed E-state index contributed by atoms with van der Waals surface area (Å²) in [6.07, 6.45) is 1.76. The normalized spacial score (nSPS) is 26.0. The maximum Gasteiger partial charge on any atom is 0.0936 e. The number of aromatic nitrogens is 1. The minimum Gasteiger partial charge on any atom is -0.399 e. The molecule has 0 radical (unpaired) electrons. The zero-order chi connectivity index (χ0) is 12.3. The minimum absolute atomic E-state index is 0.0607. The lowest BCUT2D eigenvalue weighted by Gasteiger charge is -2.35. The van der Waals surface area contributed by atoms with Gasteiger partial charge in [-0.25, -0.2) is 0 Å². The van der Waals surface area contributed by atoms with Crippen molar-refractivity contribution in [3.8, 4) is 0 Å². The third-order valence-corrected chi connectivity index (χ3v) is 2.83. The number of hydrogen-bond acceptors (Lipinski definition) is 5. The number of nitrogens with zero attached hydrogens (tertiary/aromatic N) is 2. The van der Waals surface area contributed by atoms with Crippen LogP contribution in [-0.4, -0.2) is 46.9 Å². The highest BCUT2D eigenvalue weighted by atomic mass is 16.5. The number of anilines is 1. The molecule has 1 aliphatic heterocycles. The van der Waals surface area contributed by atoms with E-state index in [4.69, 9.17) is 15.6 Å². The van der Waals surface area contributed by atoms with Gasteiger partial charge in [0.25, 0.3) is 0 Å². The first-order valence-corrected chi connectivity index (χ1v) is 5.86. The quantitative estimate of drug-likeness (QED) is 0.788. The smallest absolute Gasteiger partial charge is 0.0936 e. The Morgan fingerprint density at radius 1 is 1.59 bits per heavy atom. The molecule has 0 aliphatic carbocycles. The van der Waals surface area contributed by atoms with Gasteiger partial charge >= 0.3 is 0 Å². The first-order chi connectivity index (χ1) is 8.17. The molecule has 2 unspecified atom stereocenters. The highest BCUT2D eigenvalue weighted by molar-refractivity contribution is 5.37. The fourth-order valence-corrected chi connectivity index (χ4v) is 2.18. The number of aliphatic hydroxyl groups is 1. The van der Waals surface area contributed by atoms with Crippen LogP contribution in [0.5, 0.6) is 0 Å². The van der Waals surface area contributed by atoms with Gasteiger partial charge in [0.05, 0.1) is 24.5 Å². The van der Waals surface area contributed by atoms with Crippen LogP contribution in [0.1, 0.15) is 12.6 Å². The first-order valence-electron chi connectivity index (χ1n) is 5.86. The zero-order valence-electron chi connectivity index (χ0n) is 10.0. The maximum absolute atomic E-state index is 9.15. The monoisotopic (exact) mass is 237 g/mol. The number of nitrogen functional groups attached to an aromatic ring is 1. The number of hydrogen-bond donors (Lipinski definition) is 2. The van der Waals surface area contributed by atoms with Crippen molar-refractivity contribution in [2.75, 3.05) is 25.4 Å². The predicted molar refractivity (Wildman–Crippen MR) is 65.3 cm³/mol. The van der Waals surface area contributed by atoms with Gasteiger partial charge in [0.1, 0.15) is 0 Å². The van der Waals surface area contributed by atoms with Gasteiger partial charge < -0.3 is 15.6 Å². The Hall–Kier alpha value is -1.17. The van der Waals surface area contributed by atoms with Gasteiger partial charge in [0.2, 0.25) is 0 Å². The predicted octanol–water partition coefficient (Wildman–Crippen LogP) is 0.245. The van der Waals surface area contributed by atoms with E-state index < -0.39 is 0 Å². The summed E-state index contributed by atoms with van der Waals surface area (Å²) in [5.41, 5.74) is 7.41. The van der Waals surface area contributed by atoms with Gasteiger partial charge in [-0.2, -0.15) is 0 Å². The Labute approximate surface area is 101 Å². The van der Waals surface area contributed by atoms with E-state index in [1.165, 1.54) is 0 Å². The fraction of sp³-hybridized carbons (Fsp3) is 0.583. The van der Waals surface area contributed by atoms with Gasteiger partial charge in [0, 0.05) is 31.5 Å². The van der Waals surface area contributed by atoms with E-state index in [0.29, 0.717) is 0 Å². The van der Waals surface area contributed by atoms with Crippen LogP contribution in [0.25, 0.3) is 0 Å². The Bertz CT molecular complexity index is 373. The molecular formula is C12H19N3O2. The second kappa shape index (κ2) is 5.44. The lowest BCUT2D eigenvalue weighted by atomic mass is 10.2. The molecule has 1 aromatic rings. The molecule has 1 aromatic heterocycles. The van der Waals surface area contributed by atoms with Crippen molar-refractivity contribution < 1.29 is 9.84 Å². The summed E-state index contributed by atoms with van der Waals surface area (Å²) in [6, 6.07) is 3.66. The standard InChI is InChI=1S/C12H19N3O2/c1-9-5-15(7-12(8-16)17-9)6-11-4-10(13)2-3-14-11/h2-4,9,12,16H,5-8H2,1H3,(H2,13,14). The number of nitrogens with two attached hydrogens (primary N) is 1. The van der Waals surface area contributed by atoms with Crippen LogP contribution in [0, 0.1) is 0 Å². The van der Waals surface area contributed by atoms with Crippen LogP contribution in [0.2, 0.25) is 0 Å². The molecule has 2 atom stereocenters. The fourth-order valence-electron chi connectivity index (χ4n) is 2.18. The van der Waals surface area contributed by atoms with Crippen LogP contribution in [-0.2, 0) is 11.3 Å². The molecule has 0 bridgehead atoms. The molecule has 5 nitrogen and oxygen atoms in total. The number of ether oxygens (including phenoxy) is 1. The van der Waals surface area contributed by atoms with Gasteiger partial charge in [-0.1, -0.05) is 0 Å². The highest BCUT2D eigenvalue weighted by Gasteiger charge is 2.24. The van der Waals surface area contributed by atoms with E-state index in [0.717, 1.165) is 31.0 Å². The average Bonchev–Trinajstić information content (AvgIpc) is 2.28. The van der Waals surface area contributed by atoms with Crippen LogP contribution < -0.4 is 5.73 Å². The third kappa shape index (κ3) is 3.39. The average molecular weight is 237 g/mol. The molecule has 17 heavy (non-hydrogen) atoms. The van der Waals surface area contributed by atoms with Crippen molar-refractivity contribution >= 4 is 5.69 Å². The van der Waals surface area contributed by atoms with E-state index in [1.54, 1.807) is 12.3 Å². The summed E-state index contributed by atoms with van der Waals surface area (Å²) in [6.45, 7) is 4.41. The second-order valence-corrected chi connectivity index (χ2v) is 4.53. The van der Waals surface area contributed by atoms with E-state index >= 15 is 0 Å². The van der Waals surface area contributed by atoms with Crippen LogP contribution in [0.4, 0.5) is 5.69 Å². The Morgan fingerprint density at radius 2 is 2.41 bits per heavy atom. The molecule has 94 valence electrons. The van der Waals surface area contributed by atoms with Crippen molar-refractivity contribution in [3.05, 3.63) is 24.0 Å². The molecule has 0 spiro atoms. The minimum atomic E-state index is -0.0974. The second-order valence-electron chi connectivity index (χ2n) is 4.53. The first kappa shape index (κ1) is 12.3. The summed E-state index contributed by atoms with van der Waals surface area (Å²) >= 11 is 0. The van der Waals surface area contributed by atoms with Crippen molar-refractivity contribution in [1.29, 1.82) is 0 Å². The topological polar surface area (TPSA) is 71.6 Å². The molecule has 2 rings (SSSR count). The SMILES string of the molecule is CC1CN(Cc2cc(N)ccn2)CC(CO)O1. The molecular weight excluding hydrogens is 218 g/mol. The maximum atomic E-state index is 9.15. The van der Waals surface area contributed by atoms with E-state index in [2.05, 4.69) is 9.88 Å². The molecule has 5 heteroatoms. The zero-order valence-corrected chi connectivity index (χ0v) is 10.0. The van der Waals surface area contributed by atoms with Crippen LogP contribution in [0.3, 0.4) is 0 Å². The molecule has 0 saturated carbocycles. The summed E-state index contributed by atoms with van der Waals surface area (Å²) in [5, 5.41) is 9.15.